The molecule has 0 radical (unpaired) electrons. The first-order valence-corrected chi connectivity index (χ1v) is 9.87. The first-order chi connectivity index (χ1) is 15.4. The number of amides is 4. The van der Waals surface area contributed by atoms with Crippen LogP contribution in [-0.2, 0) is 21.5 Å². The number of carbonyl (C=O) groups excluding carboxylic acids is 3. The fourth-order valence-corrected chi connectivity index (χ4v) is 3.73. The van der Waals surface area contributed by atoms with Crippen molar-refractivity contribution in [3.05, 3.63) is 102 Å². The molecule has 1 aliphatic rings. The molecule has 1 unspecified atom stereocenters. The summed E-state index contributed by atoms with van der Waals surface area (Å²) in [6.07, 6.45) is 0.198. The van der Waals surface area contributed by atoms with Crippen LogP contribution in [0.2, 0.25) is 0 Å². The second-order valence-electron chi connectivity index (χ2n) is 7.43. The lowest BCUT2D eigenvalue weighted by Crippen LogP contribution is -2.46. The van der Waals surface area contributed by atoms with E-state index in [0.29, 0.717) is 5.56 Å². The molecule has 3 aromatic rings. The van der Waals surface area contributed by atoms with Gasteiger partial charge in [-0.05, 0) is 23.3 Å². The Hall–Kier alpha value is -4.07. The van der Waals surface area contributed by atoms with Crippen LogP contribution >= 0.6 is 0 Å². The maximum atomic E-state index is 13.5. The number of anilines is 1. The number of nitrogens with one attached hydrogen (secondary N) is 2. The summed E-state index contributed by atoms with van der Waals surface area (Å²) >= 11 is 0. The van der Waals surface area contributed by atoms with Crippen molar-refractivity contribution >= 4 is 23.5 Å². The standard InChI is InChI=1S/C24H19F2N3O3/c25-19-12-11-18(13-20(19)26)27-21(30)15-29-22(31)24(28-23(29)32,17-9-5-2-6-10-17)14-16-7-3-1-4-8-16/h1-13H,14-15H2,(H,27,30)(H,28,32). The minimum atomic E-state index is -1.37. The molecule has 0 saturated carbocycles. The highest BCUT2D eigenvalue weighted by Gasteiger charge is 2.52. The van der Waals surface area contributed by atoms with Gasteiger partial charge in [-0.1, -0.05) is 60.7 Å². The SMILES string of the molecule is O=C(CN1C(=O)NC(Cc2ccccc2)(c2ccccc2)C1=O)Nc1ccc(F)c(F)c1. The van der Waals surface area contributed by atoms with Crippen molar-refractivity contribution in [2.24, 2.45) is 0 Å². The molecule has 0 aromatic heterocycles. The van der Waals surface area contributed by atoms with Crippen LogP contribution in [0, 0.1) is 11.6 Å². The van der Waals surface area contributed by atoms with E-state index in [1.54, 1.807) is 30.3 Å². The molecule has 3 aromatic carbocycles. The quantitative estimate of drug-likeness (QED) is 0.581. The third kappa shape index (κ3) is 4.07. The number of benzene rings is 3. The van der Waals surface area contributed by atoms with Crippen LogP contribution in [0.5, 0.6) is 0 Å². The summed E-state index contributed by atoms with van der Waals surface area (Å²) < 4.78 is 26.5. The molecule has 1 aliphatic heterocycles. The Kier molecular flexibility index (Phi) is 5.68. The Morgan fingerprint density at radius 1 is 0.906 bits per heavy atom. The topological polar surface area (TPSA) is 78.5 Å². The Morgan fingerprint density at radius 3 is 2.22 bits per heavy atom. The lowest BCUT2D eigenvalue weighted by atomic mass is 9.83. The maximum Gasteiger partial charge on any atom is 0.325 e. The van der Waals surface area contributed by atoms with Crippen LogP contribution in [-0.4, -0.2) is 29.3 Å². The number of urea groups is 1. The van der Waals surface area contributed by atoms with Gasteiger partial charge in [0.05, 0.1) is 0 Å². The average Bonchev–Trinajstić information content (AvgIpc) is 3.02. The van der Waals surface area contributed by atoms with Crippen molar-refractivity contribution in [1.82, 2.24) is 10.2 Å². The summed E-state index contributed by atoms with van der Waals surface area (Å²) in [4.78, 5) is 39.5. The first kappa shape index (κ1) is 21.2. The third-order valence-electron chi connectivity index (χ3n) is 5.26. The monoisotopic (exact) mass is 435 g/mol. The fourth-order valence-electron chi connectivity index (χ4n) is 3.73. The van der Waals surface area contributed by atoms with Crippen LogP contribution < -0.4 is 10.6 Å². The Labute approximate surface area is 182 Å². The van der Waals surface area contributed by atoms with Crippen LogP contribution in [0.15, 0.2) is 78.9 Å². The van der Waals surface area contributed by atoms with Crippen molar-refractivity contribution in [3.63, 3.8) is 0 Å². The van der Waals surface area contributed by atoms with Crippen LogP contribution in [0.3, 0.4) is 0 Å². The van der Waals surface area contributed by atoms with Gasteiger partial charge >= 0.3 is 6.03 Å². The third-order valence-corrected chi connectivity index (χ3v) is 5.26. The number of carbonyl (C=O) groups is 3. The van der Waals surface area contributed by atoms with Crippen LogP contribution in [0.1, 0.15) is 11.1 Å². The van der Waals surface area contributed by atoms with Gasteiger partial charge < -0.3 is 10.6 Å². The smallest absolute Gasteiger partial charge is 0.324 e. The summed E-state index contributed by atoms with van der Waals surface area (Å²) in [5, 5.41) is 5.14. The minimum absolute atomic E-state index is 0.0135. The number of rotatable bonds is 6. The fraction of sp³-hybridized carbons (Fsp3) is 0.125. The molecule has 0 aliphatic carbocycles. The minimum Gasteiger partial charge on any atom is -0.324 e. The number of hydrogen-bond acceptors (Lipinski definition) is 3. The zero-order chi connectivity index (χ0) is 22.7. The Balaban J connectivity index is 1.59. The number of nitrogens with zero attached hydrogens (tertiary/aromatic N) is 1. The molecule has 4 amide bonds. The molecule has 0 spiro atoms. The van der Waals surface area contributed by atoms with E-state index in [1.807, 2.05) is 30.3 Å². The molecular weight excluding hydrogens is 416 g/mol. The van der Waals surface area contributed by atoms with E-state index in [2.05, 4.69) is 10.6 Å². The van der Waals surface area contributed by atoms with Gasteiger partial charge in [0.15, 0.2) is 17.2 Å². The number of halogens is 2. The summed E-state index contributed by atoms with van der Waals surface area (Å²) in [6.45, 7) is -0.576. The highest BCUT2D eigenvalue weighted by Crippen LogP contribution is 2.33. The predicted octanol–water partition coefficient (Wildman–Crippen LogP) is 3.59. The second kappa shape index (κ2) is 8.58. The Morgan fingerprint density at radius 2 is 1.56 bits per heavy atom. The molecule has 0 bridgehead atoms. The normalized spacial score (nSPS) is 17.9. The van der Waals surface area contributed by atoms with Crippen molar-refractivity contribution in [2.75, 3.05) is 11.9 Å². The van der Waals surface area contributed by atoms with Crippen molar-refractivity contribution < 1.29 is 23.2 Å². The summed E-state index contributed by atoms with van der Waals surface area (Å²) in [6, 6.07) is 20.2. The van der Waals surface area contributed by atoms with Gasteiger partial charge in [0.1, 0.15) is 6.54 Å². The molecular formula is C24H19F2N3O3. The van der Waals surface area contributed by atoms with Gasteiger partial charge in [-0.15, -0.1) is 0 Å². The summed E-state index contributed by atoms with van der Waals surface area (Å²) in [5.74, 6) is -3.46. The van der Waals surface area contributed by atoms with Gasteiger partial charge in [0.2, 0.25) is 5.91 Å². The molecule has 1 heterocycles. The van der Waals surface area contributed by atoms with E-state index in [9.17, 15) is 23.2 Å². The molecule has 2 N–H and O–H groups in total. The molecule has 32 heavy (non-hydrogen) atoms. The average molecular weight is 435 g/mol. The van der Waals surface area contributed by atoms with E-state index in [0.717, 1.165) is 22.6 Å². The first-order valence-electron chi connectivity index (χ1n) is 9.87. The van der Waals surface area contributed by atoms with Crippen molar-refractivity contribution in [2.45, 2.75) is 12.0 Å². The lowest BCUT2D eigenvalue weighted by Gasteiger charge is -2.27. The molecule has 4 rings (SSSR count). The number of hydrogen-bond donors (Lipinski definition) is 2. The van der Waals surface area contributed by atoms with E-state index in [-0.39, 0.29) is 12.1 Å². The van der Waals surface area contributed by atoms with Gasteiger partial charge in [-0.25, -0.2) is 13.6 Å². The van der Waals surface area contributed by atoms with E-state index in [1.165, 1.54) is 6.07 Å². The molecule has 8 heteroatoms. The number of imide groups is 1. The van der Waals surface area contributed by atoms with Gasteiger partial charge in [0, 0.05) is 18.2 Å². The van der Waals surface area contributed by atoms with Crippen LogP contribution in [0.25, 0.3) is 0 Å². The van der Waals surface area contributed by atoms with Gasteiger partial charge in [0.25, 0.3) is 5.91 Å². The molecule has 1 fully saturated rings. The zero-order valence-electron chi connectivity index (χ0n) is 16.8. The summed E-state index contributed by atoms with van der Waals surface area (Å²) in [5.41, 5.74) is 0.0606. The zero-order valence-corrected chi connectivity index (χ0v) is 16.8. The second-order valence-corrected chi connectivity index (χ2v) is 7.43. The predicted molar refractivity (Wildman–Crippen MR) is 113 cm³/mol. The van der Waals surface area contributed by atoms with Crippen molar-refractivity contribution in [1.29, 1.82) is 0 Å². The van der Waals surface area contributed by atoms with Gasteiger partial charge in [-0.3, -0.25) is 14.5 Å². The lowest BCUT2D eigenvalue weighted by molar-refractivity contribution is -0.134. The van der Waals surface area contributed by atoms with E-state index in [4.69, 9.17) is 0 Å². The van der Waals surface area contributed by atoms with E-state index >= 15 is 0 Å². The highest BCUT2D eigenvalue weighted by atomic mass is 19.2. The summed E-state index contributed by atoms with van der Waals surface area (Å²) in [7, 11) is 0. The molecule has 1 atom stereocenters. The molecule has 1 saturated heterocycles. The van der Waals surface area contributed by atoms with Crippen LogP contribution in [0.4, 0.5) is 19.3 Å². The maximum absolute atomic E-state index is 13.5. The molecule has 162 valence electrons. The van der Waals surface area contributed by atoms with Crippen molar-refractivity contribution in [3.8, 4) is 0 Å². The van der Waals surface area contributed by atoms with Gasteiger partial charge in [-0.2, -0.15) is 0 Å². The highest BCUT2D eigenvalue weighted by molar-refractivity contribution is 6.10. The van der Waals surface area contributed by atoms with E-state index < -0.39 is 41.6 Å². The largest absolute Gasteiger partial charge is 0.325 e. The molecule has 6 nitrogen and oxygen atoms in total. The Bertz CT molecular complexity index is 1170.